The predicted molar refractivity (Wildman–Crippen MR) is 86.6 cm³/mol. The highest BCUT2D eigenvalue weighted by Gasteiger charge is 2.33. The Kier molecular flexibility index (Phi) is 5.80. The maximum absolute atomic E-state index is 12.3. The van der Waals surface area contributed by atoms with Crippen LogP contribution >= 0.6 is 11.6 Å². The zero-order valence-electron chi connectivity index (χ0n) is 12.9. The summed E-state index contributed by atoms with van der Waals surface area (Å²) in [6, 6.07) is 6.74. The maximum Gasteiger partial charge on any atom is 0.242 e. The van der Waals surface area contributed by atoms with Gasteiger partial charge in [0, 0.05) is 24.7 Å². The van der Waals surface area contributed by atoms with Crippen molar-refractivity contribution in [2.45, 2.75) is 19.9 Å². The van der Waals surface area contributed by atoms with E-state index >= 15 is 0 Å². The van der Waals surface area contributed by atoms with Gasteiger partial charge < -0.3 is 10.6 Å². The number of halogens is 1. The summed E-state index contributed by atoms with van der Waals surface area (Å²) in [7, 11) is 0. The van der Waals surface area contributed by atoms with Crippen molar-refractivity contribution in [1.29, 1.82) is 0 Å². The number of rotatable bonds is 5. The summed E-state index contributed by atoms with van der Waals surface area (Å²) in [6.45, 7) is 6.07. The van der Waals surface area contributed by atoms with Crippen LogP contribution in [0.1, 0.15) is 25.5 Å². The molecule has 1 aliphatic rings. The van der Waals surface area contributed by atoms with Crippen LogP contribution in [0.5, 0.6) is 0 Å². The van der Waals surface area contributed by atoms with Gasteiger partial charge in [0.1, 0.15) is 6.04 Å². The van der Waals surface area contributed by atoms with Crippen molar-refractivity contribution < 1.29 is 9.59 Å². The highest BCUT2D eigenvalue weighted by molar-refractivity contribution is 6.31. The lowest BCUT2D eigenvalue weighted by Crippen LogP contribution is -2.52. The average molecular weight is 324 g/mol. The normalized spacial score (nSPS) is 19.1. The fourth-order valence-corrected chi connectivity index (χ4v) is 2.72. The van der Waals surface area contributed by atoms with Gasteiger partial charge in [-0.1, -0.05) is 43.6 Å². The molecule has 0 aromatic heterocycles. The van der Waals surface area contributed by atoms with E-state index in [1.54, 1.807) is 6.07 Å². The number of hydrogen-bond donors (Lipinski definition) is 2. The fraction of sp³-hybridized carbons (Fsp3) is 0.500. The van der Waals surface area contributed by atoms with E-state index in [0.717, 1.165) is 5.56 Å². The van der Waals surface area contributed by atoms with Crippen molar-refractivity contribution in [3.63, 3.8) is 0 Å². The third kappa shape index (κ3) is 4.21. The molecular formula is C16H22ClN3O2. The number of carbonyl (C=O) groups excluding carboxylic acids is 2. The number of carbonyl (C=O) groups is 2. The van der Waals surface area contributed by atoms with Crippen LogP contribution in [-0.2, 0) is 9.59 Å². The molecule has 5 nitrogen and oxygen atoms in total. The molecule has 1 fully saturated rings. The molecular weight excluding hydrogens is 302 g/mol. The molecule has 2 amide bonds. The van der Waals surface area contributed by atoms with Crippen molar-refractivity contribution in [2.75, 3.05) is 26.2 Å². The molecule has 2 N–H and O–H groups in total. The quantitative estimate of drug-likeness (QED) is 0.865. The first-order valence-corrected chi connectivity index (χ1v) is 7.89. The van der Waals surface area contributed by atoms with Gasteiger partial charge in [0.15, 0.2) is 0 Å². The maximum atomic E-state index is 12.3. The first-order valence-electron chi connectivity index (χ1n) is 7.52. The second kappa shape index (κ2) is 7.61. The van der Waals surface area contributed by atoms with Crippen molar-refractivity contribution in [3.8, 4) is 0 Å². The fourth-order valence-electron chi connectivity index (χ4n) is 2.48. The largest absolute Gasteiger partial charge is 0.355 e. The molecule has 120 valence electrons. The molecule has 2 rings (SSSR count). The summed E-state index contributed by atoms with van der Waals surface area (Å²) >= 11 is 6.22. The van der Waals surface area contributed by atoms with Crippen LogP contribution in [0.25, 0.3) is 0 Å². The van der Waals surface area contributed by atoms with E-state index in [9.17, 15) is 9.59 Å². The third-order valence-electron chi connectivity index (χ3n) is 3.57. The highest BCUT2D eigenvalue weighted by Crippen LogP contribution is 2.28. The lowest BCUT2D eigenvalue weighted by Gasteiger charge is -2.35. The van der Waals surface area contributed by atoms with Gasteiger partial charge >= 0.3 is 0 Å². The van der Waals surface area contributed by atoms with Gasteiger partial charge in [0.2, 0.25) is 11.8 Å². The van der Waals surface area contributed by atoms with Gasteiger partial charge in [-0.05, 0) is 17.5 Å². The second-order valence-electron chi connectivity index (χ2n) is 5.88. The minimum absolute atomic E-state index is 0.0690. The van der Waals surface area contributed by atoms with Crippen LogP contribution in [0.4, 0.5) is 0 Å². The van der Waals surface area contributed by atoms with Gasteiger partial charge in [-0.25, -0.2) is 0 Å². The Morgan fingerprint density at radius 1 is 1.45 bits per heavy atom. The number of hydrogen-bond acceptors (Lipinski definition) is 3. The van der Waals surface area contributed by atoms with Gasteiger partial charge in [-0.2, -0.15) is 0 Å². The predicted octanol–water partition coefficient (Wildman–Crippen LogP) is 1.59. The molecule has 0 saturated carbocycles. The Bertz CT molecular complexity index is 548. The summed E-state index contributed by atoms with van der Waals surface area (Å²) in [6.07, 6.45) is 0. The third-order valence-corrected chi connectivity index (χ3v) is 3.91. The van der Waals surface area contributed by atoms with E-state index in [0.29, 0.717) is 30.6 Å². The SMILES string of the molecule is CC(C)CNC(=O)CN1CCNC(=O)[C@H]1c1ccccc1Cl. The zero-order valence-corrected chi connectivity index (χ0v) is 13.7. The molecule has 0 unspecified atom stereocenters. The first kappa shape index (κ1) is 16.8. The number of amides is 2. The first-order chi connectivity index (χ1) is 10.5. The van der Waals surface area contributed by atoms with E-state index in [-0.39, 0.29) is 18.4 Å². The van der Waals surface area contributed by atoms with Gasteiger partial charge in [-0.3, -0.25) is 14.5 Å². The van der Waals surface area contributed by atoms with E-state index in [1.807, 2.05) is 36.9 Å². The van der Waals surface area contributed by atoms with Crippen LogP contribution in [0.3, 0.4) is 0 Å². The van der Waals surface area contributed by atoms with E-state index in [1.165, 1.54) is 0 Å². The second-order valence-corrected chi connectivity index (χ2v) is 6.29. The number of nitrogens with zero attached hydrogens (tertiary/aromatic N) is 1. The molecule has 0 aliphatic carbocycles. The molecule has 1 aliphatic heterocycles. The van der Waals surface area contributed by atoms with E-state index < -0.39 is 6.04 Å². The molecule has 1 atom stereocenters. The zero-order chi connectivity index (χ0) is 16.1. The minimum Gasteiger partial charge on any atom is -0.355 e. The molecule has 0 spiro atoms. The average Bonchev–Trinajstić information content (AvgIpc) is 2.47. The summed E-state index contributed by atoms with van der Waals surface area (Å²) in [5, 5.41) is 6.26. The molecule has 0 radical (unpaired) electrons. The van der Waals surface area contributed by atoms with Gasteiger partial charge in [-0.15, -0.1) is 0 Å². The Hall–Kier alpha value is -1.59. The van der Waals surface area contributed by atoms with Crippen LogP contribution in [-0.4, -0.2) is 42.9 Å². The summed E-state index contributed by atoms with van der Waals surface area (Å²) in [4.78, 5) is 26.2. The monoisotopic (exact) mass is 323 g/mol. The van der Waals surface area contributed by atoms with Crippen molar-refractivity contribution >= 4 is 23.4 Å². The minimum atomic E-state index is -0.521. The lowest BCUT2D eigenvalue weighted by molar-refractivity contribution is -0.131. The van der Waals surface area contributed by atoms with E-state index in [4.69, 9.17) is 11.6 Å². The summed E-state index contributed by atoms with van der Waals surface area (Å²) in [5.41, 5.74) is 0.734. The van der Waals surface area contributed by atoms with Crippen LogP contribution < -0.4 is 10.6 Å². The van der Waals surface area contributed by atoms with Crippen molar-refractivity contribution in [1.82, 2.24) is 15.5 Å². The van der Waals surface area contributed by atoms with E-state index in [2.05, 4.69) is 10.6 Å². The van der Waals surface area contributed by atoms with Gasteiger partial charge in [0.05, 0.1) is 6.54 Å². The molecule has 6 heteroatoms. The van der Waals surface area contributed by atoms with Crippen LogP contribution in [0.15, 0.2) is 24.3 Å². The Balaban J connectivity index is 2.12. The smallest absolute Gasteiger partial charge is 0.242 e. The number of nitrogens with one attached hydrogen (secondary N) is 2. The Morgan fingerprint density at radius 2 is 2.18 bits per heavy atom. The molecule has 22 heavy (non-hydrogen) atoms. The number of piperazine rings is 1. The molecule has 1 saturated heterocycles. The number of benzene rings is 1. The molecule has 1 aromatic rings. The topological polar surface area (TPSA) is 61.4 Å². The Morgan fingerprint density at radius 3 is 2.86 bits per heavy atom. The Labute approximate surface area is 136 Å². The van der Waals surface area contributed by atoms with Gasteiger partial charge in [0.25, 0.3) is 0 Å². The highest BCUT2D eigenvalue weighted by atomic mass is 35.5. The molecule has 1 heterocycles. The summed E-state index contributed by atoms with van der Waals surface area (Å²) < 4.78 is 0. The lowest BCUT2D eigenvalue weighted by atomic mass is 10.0. The van der Waals surface area contributed by atoms with Crippen molar-refractivity contribution in [3.05, 3.63) is 34.9 Å². The molecule has 0 bridgehead atoms. The summed E-state index contributed by atoms with van der Waals surface area (Å²) in [5.74, 6) is 0.212. The molecule has 1 aromatic carbocycles. The van der Waals surface area contributed by atoms with Crippen molar-refractivity contribution in [2.24, 2.45) is 5.92 Å². The standard InChI is InChI=1S/C16H22ClN3O2/c1-11(2)9-19-14(21)10-20-8-7-18-16(22)15(20)12-5-3-4-6-13(12)17/h3-6,11,15H,7-10H2,1-2H3,(H,18,22)(H,19,21)/t15-/m1/s1. The van der Waals surface area contributed by atoms with Crippen LogP contribution in [0.2, 0.25) is 5.02 Å². The van der Waals surface area contributed by atoms with Crippen LogP contribution in [0, 0.1) is 5.92 Å².